The summed E-state index contributed by atoms with van der Waals surface area (Å²) in [5.41, 5.74) is 2.90. The zero-order chi connectivity index (χ0) is 15.5. The monoisotopic (exact) mass is 309 g/mol. The molecule has 3 nitrogen and oxygen atoms in total. The van der Waals surface area contributed by atoms with Crippen LogP contribution in [-0.2, 0) is 6.54 Å². The van der Waals surface area contributed by atoms with Crippen LogP contribution >= 0.6 is 11.6 Å². The van der Waals surface area contributed by atoms with E-state index in [1.54, 1.807) is 0 Å². The lowest BCUT2D eigenvalue weighted by Gasteiger charge is -2.49. The van der Waals surface area contributed by atoms with E-state index in [0.717, 1.165) is 24.7 Å². The predicted octanol–water partition coefficient (Wildman–Crippen LogP) is 3.37. The van der Waals surface area contributed by atoms with Crippen molar-refractivity contribution in [2.75, 3.05) is 39.1 Å². The van der Waals surface area contributed by atoms with Gasteiger partial charge < -0.3 is 15.1 Å². The molecule has 0 atom stereocenters. The summed E-state index contributed by atoms with van der Waals surface area (Å²) in [7, 11) is 6.60. The SMILES string of the molecule is CCNCc1cc(Cl)ccc1N(C)CC1(N(C)C)CCC1. The fourth-order valence-electron chi connectivity index (χ4n) is 3.19. The molecule has 0 amide bonds. The summed E-state index contributed by atoms with van der Waals surface area (Å²) in [6.07, 6.45) is 3.93. The molecule has 0 unspecified atom stereocenters. The Bertz CT molecular complexity index is 469. The second-order valence-electron chi connectivity index (χ2n) is 6.38. The first kappa shape index (κ1) is 16.6. The lowest BCUT2D eigenvalue weighted by atomic mass is 9.75. The highest BCUT2D eigenvalue weighted by atomic mass is 35.5. The molecule has 0 spiro atoms. The lowest BCUT2D eigenvalue weighted by molar-refractivity contribution is 0.0683. The van der Waals surface area contributed by atoms with Gasteiger partial charge in [0.25, 0.3) is 0 Å². The Kier molecular flexibility index (Phi) is 5.53. The molecule has 2 rings (SSSR count). The minimum atomic E-state index is 0.337. The molecule has 0 saturated heterocycles. The third-order valence-electron chi connectivity index (χ3n) is 4.78. The number of halogens is 1. The van der Waals surface area contributed by atoms with Crippen molar-refractivity contribution < 1.29 is 0 Å². The average Bonchev–Trinajstić information content (AvgIpc) is 2.39. The van der Waals surface area contributed by atoms with E-state index in [1.165, 1.54) is 30.5 Å². The molecule has 1 N–H and O–H groups in total. The highest BCUT2D eigenvalue weighted by molar-refractivity contribution is 6.30. The van der Waals surface area contributed by atoms with Crippen molar-refractivity contribution in [3.63, 3.8) is 0 Å². The molecule has 0 heterocycles. The average molecular weight is 310 g/mol. The summed E-state index contributed by atoms with van der Waals surface area (Å²) in [5.74, 6) is 0. The maximum Gasteiger partial charge on any atom is 0.0410 e. The van der Waals surface area contributed by atoms with Crippen molar-refractivity contribution in [2.45, 2.75) is 38.3 Å². The molecule has 1 aromatic carbocycles. The molecule has 0 aromatic heterocycles. The largest absolute Gasteiger partial charge is 0.372 e. The molecule has 1 aromatic rings. The number of rotatable bonds is 7. The molecule has 21 heavy (non-hydrogen) atoms. The highest BCUT2D eigenvalue weighted by Gasteiger charge is 2.40. The maximum atomic E-state index is 6.17. The topological polar surface area (TPSA) is 18.5 Å². The van der Waals surface area contributed by atoms with Crippen molar-refractivity contribution in [2.24, 2.45) is 0 Å². The van der Waals surface area contributed by atoms with Gasteiger partial charge in [0.15, 0.2) is 0 Å². The Balaban J connectivity index is 2.16. The van der Waals surface area contributed by atoms with Crippen molar-refractivity contribution in [3.05, 3.63) is 28.8 Å². The summed E-state index contributed by atoms with van der Waals surface area (Å²) in [6, 6.07) is 6.22. The van der Waals surface area contributed by atoms with Crippen LogP contribution in [0.15, 0.2) is 18.2 Å². The fourth-order valence-corrected chi connectivity index (χ4v) is 3.38. The van der Waals surface area contributed by atoms with Gasteiger partial charge in [-0.3, -0.25) is 0 Å². The minimum Gasteiger partial charge on any atom is -0.372 e. The Morgan fingerprint density at radius 1 is 1.24 bits per heavy atom. The Morgan fingerprint density at radius 2 is 1.95 bits per heavy atom. The molecule has 118 valence electrons. The van der Waals surface area contributed by atoms with Gasteiger partial charge >= 0.3 is 0 Å². The van der Waals surface area contributed by atoms with Gasteiger partial charge in [0.1, 0.15) is 0 Å². The summed E-state index contributed by atoms with van der Waals surface area (Å²) in [6.45, 7) is 5.03. The number of nitrogens with zero attached hydrogens (tertiary/aromatic N) is 2. The van der Waals surface area contributed by atoms with Crippen molar-refractivity contribution in [1.82, 2.24) is 10.2 Å². The Morgan fingerprint density at radius 3 is 2.48 bits per heavy atom. The molecule has 0 aliphatic heterocycles. The van der Waals surface area contributed by atoms with Gasteiger partial charge in [-0.1, -0.05) is 18.5 Å². The van der Waals surface area contributed by atoms with Crippen LogP contribution in [0.4, 0.5) is 5.69 Å². The second kappa shape index (κ2) is 6.99. The molecule has 1 aliphatic rings. The number of benzene rings is 1. The van der Waals surface area contributed by atoms with Gasteiger partial charge in [-0.05, 0) is 63.7 Å². The van der Waals surface area contributed by atoms with E-state index < -0.39 is 0 Å². The standard InChI is InChI=1S/C17H28ClN3/c1-5-19-12-14-11-15(18)7-8-16(14)21(4)13-17(20(2)3)9-6-10-17/h7-8,11,19H,5-6,9-10,12-13H2,1-4H3. The van der Waals surface area contributed by atoms with Crippen LogP contribution in [0.25, 0.3) is 0 Å². The third-order valence-corrected chi connectivity index (χ3v) is 5.02. The van der Waals surface area contributed by atoms with E-state index in [0.29, 0.717) is 5.54 Å². The number of nitrogens with one attached hydrogen (secondary N) is 1. The number of hydrogen-bond acceptors (Lipinski definition) is 3. The van der Waals surface area contributed by atoms with Gasteiger partial charge in [-0.2, -0.15) is 0 Å². The molecule has 0 bridgehead atoms. The van der Waals surface area contributed by atoms with Crippen LogP contribution in [-0.4, -0.2) is 44.7 Å². The van der Waals surface area contributed by atoms with E-state index in [-0.39, 0.29) is 0 Å². The predicted molar refractivity (Wildman–Crippen MR) is 92.4 cm³/mol. The first-order chi connectivity index (χ1) is 9.98. The number of hydrogen-bond donors (Lipinski definition) is 1. The molecule has 0 radical (unpaired) electrons. The highest BCUT2D eigenvalue weighted by Crippen LogP contribution is 2.38. The Hall–Kier alpha value is -0.770. The lowest BCUT2D eigenvalue weighted by Crippen LogP contribution is -2.56. The number of likely N-dealkylation sites (N-methyl/N-ethyl adjacent to an activating group) is 2. The smallest absolute Gasteiger partial charge is 0.0410 e. The van der Waals surface area contributed by atoms with Crippen molar-refractivity contribution in [1.29, 1.82) is 0 Å². The third kappa shape index (κ3) is 3.71. The first-order valence-corrected chi connectivity index (χ1v) is 8.24. The summed E-state index contributed by atoms with van der Waals surface area (Å²) < 4.78 is 0. The van der Waals surface area contributed by atoms with Crippen molar-refractivity contribution >= 4 is 17.3 Å². The van der Waals surface area contributed by atoms with Crippen molar-refractivity contribution in [3.8, 4) is 0 Å². The van der Waals surface area contributed by atoms with E-state index in [1.807, 2.05) is 6.07 Å². The zero-order valence-electron chi connectivity index (χ0n) is 13.7. The van der Waals surface area contributed by atoms with Gasteiger partial charge in [0.2, 0.25) is 0 Å². The van der Waals surface area contributed by atoms with Crippen LogP contribution < -0.4 is 10.2 Å². The van der Waals surface area contributed by atoms with Gasteiger partial charge in [-0.25, -0.2) is 0 Å². The first-order valence-electron chi connectivity index (χ1n) is 7.86. The summed E-state index contributed by atoms with van der Waals surface area (Å²) >= 11 is 6.17. The van der Waals surface area contributed by atoms with Crippen LogP contribution in [0.1, 0.15) is 31.7 Å². The minimum absolute atomic E-state index is 0.337. The molecule has 1 saturated carbocycles. The molecular formula is C17H28ClN3. The fraction of sp³-hybridized carbons (Fsp3) is 0.647. The van der Waals surface area contributed by atoms with E-state index in [2.05, 4.69) is 55.3 Å². The molecular weight excluding hydrogens is 282 g/mol. The summed E-state index contributed by atoms with van der Waals surface area (Å²) in [5, 5.41) is 4.22. The molecule has 4 heteroatoms. The van der Waals surface area contributed by atoms with Crippen LogP contribution in [0, 0.1) is 0 Å². The Labute approximate surface area is 134 Å². The number of anilines is 1. The maximum absolute atomic E-state index is 6.17. The second-order valence-corrected chi connectivity index (χ2v) is 6.82. The van der Waals surface area contributed by atoms with Crippen LogP contribution in [0.2, 0.25) is 5.02 Å². The van der Waals surface area contributed by atoms with Gasteiger partial charge in [-0.15, -0.1) is 0 Å². The summed E-state index contributed by atoms with van der Waals surface area (Å²) in [4.78, 5) is 4.79. The van der Waals surface area contributed by atoms with E-state index in [9.17, 15) is 0 Å². The van der Waals surface area contributed by atoms with Crippen LogP contribution in [0.5, 0.6) is 0 Å². The van der Waals surface area contributed by atoms with Gasteiger partial charge in [0.05, 0.1) is 0 Å². The normalized spacial score (nSPS) is 16.9. The van der Waals surface area contributed by atoms with E-state index >= 15 is 0 Å². The van der Waals surface area contributed by atoms with E-state index in [4.69, 9.17) is 11.6 Å². The van der Waals surface area contributed by atoms with Gasteiger partial charge in [0, 0.05) is 36.4 Å². The molecule has 1 fully saturated rings. The van der Waals surface area contributed by atoms with Crippen LogP contribution in [0.3, 0.4) is 0 Å². The molecule has 1 aliphatic carbocycles. The zero-order valence-corrected chi connectivity index (χ0v) is 14.5. The quantitative estimate of drug-likeness (QED) is 0.833.